The third-order valence-electron chi connectivity index (χ3n) is 1.85. The summed E-state index contributed by atoms with van der Waals surface area (Å²) in [6, 6.07) is 0.418. The first-order chi connectivity index (χ1) is 6.27. The van der Waals surface area contributed by atoms with Crippen molar-refractivity contribution in [3.8, 4) is 10.4 Å². The largest absolute Gasteiger partial charge is 0.270 e. The maximum atomic E-state index is 4.27. The second-order valence-electron chi connectivity index (χ2n) is 3.17. The lowest BCUT2D eigenvalue weighted by Crippen LogP contribution is -1.99. The van der Waals surface area contributed by atoms with Crippen LogP contribution in [-0.2, 0) is 0 Å². The lowest BCUT2D eigenvalue weighted by atomic mass is 10.3. The maximum absolute atomic E-state index is 4.27. The van der Waals surface area contributed by atoms with Crippen LogP contribution in [0.15, 0.2) is 24.1 Å². The molecular weight excluding hydrogens is 182 g/mol. The zero-order valence-corrected chi connectivity index (χ0v) is 8.45. The summed E-state index contributed by atoms with van der Waals surface area (Å²) in [5, 5.41) is 4.27. The molecule has 0 atom stereocenters. The molecule has 68 valence electrons. The van der Waals surface area contributed by atoms with E-state index in [4.69, 9.17) is 0 Å². The van der Waals surface area contributed by atoms with Gasteiger partial charge >= 0.3 is 0 Å². The molecule has 0 saturated carbocycles. The Bertz CT molecular complexity index is 375. The molecule has 2 aromatic heterocycles. The highest BCUT2D eigenvalue weighted by atomic mass is 32.1. The van der Waals surface area contributed by atoms with Crippen LogP contribution in [0.2, 0.25) is 0 Å². The molecule has 0 amide bonds. The summed E-state index contributed by atoms with van der Waals surface area (Å²) in [5.74, 6) is 0. The molecule has 3 nitrogen and oxygen atoms in total. The van der Waals surface area contributed by atoms with E-state index in [1.165, 1.54) is 4.88 Å². The van der Waals surface area contributed by atoms with Gasteiger partial charge in [0.05, 0.1) is 16.6 Å². The van der Waals surface area contributed by atoms with E-state index in [0.29, 0.717) is 6.04 Å². The van der Waals surface area contributed by atoms with Gasteiger partial charge in [-0.05, 0) is 13.8 Å². The molecule has 2 heterocycles. The fourth-order valence-electron chi connectivity index (χ4n) is 1.11. The van der Waals surface area contributed by atoms with Gasteiger partial charge in [0, 0.05) is 24.0 Å². The van der Waals surface area contributed by atoms with Crippen molar-refractivity contribution in [2.45, 2.75) is 19.9 Å². The number of rotatable bonds is 2. The smallest absolute Gasteiger partial charge is 0.0798 e. The molecule has 0 fully saturated rings. The number of thiazole rings is 1. The third kappa shape index (κ3) is 1.62. The third-order valence-corrected chi connectivity index (χ3v) is 2.67. The summed E-state index contributed by atoms with van der Waals surface area (Å²) >= 11 is 1.64. The molecule has 0 aliphatic carbocycles. The van der Waals surface area contributed by atoms with E-state index >= 15 is 0 Å². The highest BCUT2D eigenvalue weighted by Gasteiger charge is 2.04. The molecule has 2 aromatic rings. The van der Waals surface area contributed by atoms with E-state index in [1.807, 2.05) is 22.6 Å². The molecule has 0 aliphatic rings. The first-order valence-corrected chi connectivity index (χ1v) is 5.08. The SMILES string of the molecule is CC(C)n1cc(-c2cncs2)cn1. The summed E-state index contributed by atoms with van der Waals surface area (Å²) in [5.41, 5.74) is 2.98. The van der Waals surface area contributed by atoms with Crippen molar-refractivity contribution in [3.63, 3.8) is 0 Å². The van der Waals surface area contributed by atoms with Crippen molar-refractivity contribution >= 4 is 11.3 Å². The minimum absolute atomic E-state index is 0.418. The Hall–Kier alpha value is -1.16. The molecule has 2 rings (SSSR count). The Kier molecular flexibility index (Phi) is 2.14. The normalized spacial score (nSPS) is 11.0. The summed E-state index contributed by atoms with van der Waals surface area (Å²) in [7, 11) is 0. The molecule has 0 radical (unpaired) electrons. The van der Waals surface area contributed by atoms with Gasteiger partial charge in [0.2, 0.25) is 0 Å². The van der Waals surface area contributed by atoms with Crippen LogP contribution >= 0.6 is 11.3 Å². The number of aromatic nitrogens is 3. The summed E-state index contributed by atoms with van der Waals surface area (Å²) < 4.78 is 1.95. The fourth-order valence-corrected chi connectivity index (χ4v) is 1.70. The first kappa shape index (κ1) is 8.44. The second-order valence-corrected chi connectivity index (χ2v) is 4.05. The van der Waals surface area contributed by atoms with Gasteiger partial charge in [-0.2, -0.15) is 5.10 Å². The maximum Gasteiger partial charge on any atom is 0.0798 e. The molecule has 0 aliphatic heterocycles. The predicted molar refractivity (Wildman–Crippen MR) is 53.7 cm³/mol. The lowest BCUT2D eigenvalue weighted by molar-refractivity contribution is 0.532. The first-order valence-electron chi connectivity index (χ1n) is 4.20. The zero-order chi connectivity index (χ0) is 9.26. The Balaban J connectivity index is 2.33. The lowest BCUT2D eigenvalue weighted by Gasteiger charge is -2.02. The molecule has 0 N–H and O–H groups in total. The van der Waals surface area contributed by atoms with Crippen LogP contribution in [-0.4, -0.2) is 14.8 Å². The monoisotopic (exact) mass is 193 g/mol. The molecule has 0 unspecified atom stereocenters. The van der Waals surface area contributed by atoms with Gasteiger partial charge < -0.3 is 0 Å². The Labute approximate surface area is 81.1 Å². The van der Waals surface area contributed by atoms with E-state index in [-0.39, 0.29) is 0 Å². The van der Waals surface area contributed by atoms with Crippen LogP contribution in [0.5, 0.6) is 0 Å². The highest BCUT2D eigenvalue weighted by molar-refractivity contribution is 7.13. The standard InChI is InChI=1S/C9H11N3S/c1-7(2)12-5-8(3-11-12)9-4-10-6-13-9/h3-7H,1-2H3. The van der Waals surface area contributed by atoms with Gasteiger partial charge in [-0.1, -0.05) is 0 Å². The minimum Gasteiger partial charge on any atom is -0.270 e. The molecule has 13 heavy (non-hydrogen) atoms. The predicted octanol–water partition coefficient (Wildman–Crippen LogP) is 2.59. The van der Waals surface area contributed by atoms with Crippen molar-refractivity contribution in [3.05, 3.63) is 24.1 Å². The molecule has 0 spiro atoms. The van der Waals surface area contributed by atoms with Crippen LogP contribution in [0.4, 0.5) is 0 Å². The van der Waals surface area contributed by atoms with Crippen LogP contribution in [0, 0.1) is 0 Å². The zero-order valence-electron chi connectivity index (χ0n) is 7.64. The van der Waals surface area contributed by atoms with Crippen LogP contribution < -0.4 is 0 Å². The van der Waals surface area contributed by atoms with Crippen LogP contribution in [0.3, 0.4) is 0 Å². The van der Waals surface area contributed by atoms with E-state index < -0.39 is 0 Å². The topological polar surface area (TPSA) is 30.7 Å². The molecule has 0 aromatic carbocycles. The number of hydrogen-bond donors (Lipinski definition) is 0. The summed E-state index contributed by atoms with van der Waals surface area (Å²) in [4.78, 5) is 5.21. The van der Waals surface area contributed by atoms with Crippen LogP contribution in [0.25, 0.3) is 10.4 Å². The average molecular weight is 193 g/mol. The number of hydrogen-bond acceptors (Lipinski definition) is 3. The van der Waals surface area contributed by atoms with E-state index in [2.05, 4.69) is 30.1 Å². The van der Waals surface area contributed by atoms with Gasteiger partial charge in [-0.25, -0.2) is 0 Å². The Morgan fingerprint density at radius 1 is 1.38 bits per heavy atom. The fraction of sp³-hybridized carbons (Fsp3) is 0.333. The van der Waals surface area contributed by atoms with Crippen molar-refractivity contribution in [1.82, 2.24) is 14.8 Å². The molecular formula is C9H11N3S. The highest BCUT2D eigenvalue weighted by Crippen LogP contribution is 2.22. The van der Waals surface area contributed by atoms with Crippen LogP contribution in [0.1, 0.15) is 19.9 Å². The number of nitrogens with zero attached hydrogens (tertiary/aromatic N) is 3. The van der Waals surface area contributed by atoms with Crippen molar-refractivity contribution in [2.75, 3.05) is 0 Å². The quantitative estimate of drug-likeness (QED) is 0.734. The second kappa shape index (κ2) is 3.30. The van der Waals surface area contributed by atoms with E-state index in [9.17, 15) is 0 Å². The molecule has 4 heteroatoms. The Morgan fingerprint density at radius 2 is 2.23 bits per heavy atom. The van der Waals surface area contributed by atoms with Gasteiger partial charge in [0.15, 0.2) is 0 Å². The van der Waals surface area contributed by atoms with E-state index in [0.717, 1.165) is 5.56 Å². The van der Waals surface area contributed by atoms with Crippen molar-refractivity contribution in [2.24, 2.45) is 0 Å². The summed E-state index contributed by atoms with van der Waals surface area (Å²) in [6.45, 7) is 4.23. The molecule has 0 saturated heterocycles. The van der Waals surface area contributed by atoms with Gasteiger partial charge in [0.25, 0.3) is 0 Å². The summed E-state index contributed by atoms with van der Waals surface area (Å²) in [6.07, 6.45) is 5.80. The molecule has 0 bridgehead atoms. The van der Waals surface area contributed by atoms with Gasteiger partial charge in [-0.15, -0.1) is 11.3 Å². The van der Waals surface area contributed by atoms with Gasteiger partial charge in [-0.3, -0.25) is 9.67 Å². The Morgan fingerprint density at radius 3 is 2.77 bits per heavy atom. The van der Waals surface area contributed by atoms with E-state index in [1.54, 1.807) is 11.3 Å². The van der Waals surface area contributed by atoms with Crippen molar-refractivity contribution < 1.29 is 0 Å². The van der Waals surface area contributed by atoms with Crippen molar-refractivity contribution in [1.29, 1.82) is 0 Å². The van der Waals surface area contributed by atoms with Gasteiger partial charge in [0.1, 0.15) is 0 Å². The minimum atomic E-state index is 0.418. The average Bonchev–Trinajstić information content (AvgIpc) is 2.75.